The molecule has 9 rings (SSSR count). The second-order valence-corrected chi connectivity index (χ2v) is 24.0. The number of hydrogen-bond acceptors (Lipinski definition) is 23. The molecule has 5 saturated heterocycles. The Morgan fingerprint density at radius 3 is 1.85 bits per heavy atom. The zero-order valence-electron chi connectivity index (χ0n) is 43.8. The first-order valence-corrected chi connectivity index (χ1v) is 27.3. The molecule has 0 aromatic rings. The van der Waals surface area contributed by atoms with Crippen LogP contribution in [0.25, 0.3) is 0 Å². The smallest absolute Gasteiger partial charge is 0.187 e. The van der Waals surface area contributed by atoms with E-state index in [0.29, 0.717) is 43.4 Å². The van der Waals surface area contributed by atoms with Crippen molar-refractivity contribution >= 4 is 0 Å². The predicted octanol–water partition coefficient (Wildman–Crippen LogP) is -2.35. The first kappa shape index (κ1) is 58.5. The van der Waals surface area contributed by atoms with Crippen molar-refractivity contribution in [1.29, 1.82) is 0 Å². The molecular formula is C52H86O23. The summed E-state index contributed by atoms with van der Waals surface area (Å²) in [6.45, 7) is 8.74. The van der Waals surface area contributed by atoms with Crippen molar-refractivity contribution in [3.05, 3.63) is 11.6 Å². The molecule has 75 heavy (non-hydrogen) atoms. The van der Waals surface area contributed by atoms with Gasteiger partial charge in [-0.1, -0.05) is 39.3 Å². The second kappa shape index (κ2) is 23.0. The van der Waals surface area contributed by atoms with Gasteiger partial charge in [-0.3, -0.25) is 0 Å². The largest absolute Gasteiger partial charge is 0.394 e. The Hall–Kier alpha value is -1.18. The van der Waals surface area contributed by atoms with Gasteiger partial charge >= 0.3 is 0 Å². The van der Waals surface area contributed by atoms with E-state index in [1.165, 1.54) is 12.5 Å². The van der Waals surface area contributed by atoms with Crippen LogP contribution in [-0.4, -0.2) is 241 Å². The molecular weight excluding hydrogens is 993 g/mol. The average Bonchev–Trinajstić information content (AvgIpc) is 3.92. The van der Waals surface area contributed by atoms with E-state index in [9.17, 15) is 66.4 Å². The van der Waals surface area contributed by atoms with Crippen LogP contribution in [0, 0.1) is 46.3 Å². The third-order valence-electron chi connectivity index (χ3n) is 19.8. The standard InChI is InChI=1S/C52H86O23/c1-21(20-67-46-41(63)39(61)35(57)30(17-53)70-46)9-14-52(66-6)22(2)33-29(75-52)16-28-26-8-7-24-15-25(10-12-50(24,4)27(26)11-13-51(28,33)5)69-49-45(74-47-42(64)38(60)34(56)23(3)68-47)44(37(59)32(19-55)72-49)73-48-43(65)40(62)36(58)31(18-54)71-48/h7,21-23,25-49,53-65H,8-20H2,1-6H3/t21-,22-,23-,25-,26?,27?,28?,29?,30+,31+,32+,33?,34-,35+,36+,37+,38+,39-,40-,41+,42+,43+,44-,45+,46+,47-,48-,49+,50-,51-,52?/m0/s1. The molecule has 432 valence electrons. The third kappa shape index (κ3) is 10.5. The van der Waals surface area contributed by atoms with E-state index in [4.69, 9.17) is 47.4 Å². The summed E-state index contributed by atoms with van der Waals surface area (Å²) in [6.07, 6.45) is -21.5. The highest BCUT2D eigenvalue weighted by molar-refractivity contribution is 5.26. The Labute approximate surface area is 437 Å². The van der Waals surface area contributed by atoms with Gasteiger partial charge < -0.3 is 114 Å². The van der Waals surface area contributed by atoms with Crippen molar-refractivity contribution in [2.45, 2.75) is 233 Å². The molecule has 5 heterocycles. The van der Waals surface area contributed by atoms with Crippen LogP contribution in [0.5, 0.6) is 0 Å². The summed E-state index contributed by atoms with van der Waals surface area (Å²) in [5, 5.41) is 137. The van der Waals surface area contributed by atoms with Gasteiger partial charge in [-0.2, -0.15) is 0 Å². The van der Waals surface area contributed by atoms with Gasteiger partial charge in [-0.25, -0.2) is 0 Å². The lowest BCUT2D eigenvalue weighted by molar-refractivity contribution is -0.394. The van der Waals surface area contributed by atoms with Crippen LogP contribution in [0.1, 0.15) is 92.4 Å². The van der Waals surface area contributed by atoms with E-state index in [1.54, 1.807) is 7.11 Å². The molecule has 0 radical (unpaired) electrons. The van der Waals surface area contributed by atoms with E-state index in [2.05, 4.69) is 26.8 Å². The number of methoxy groups -OCH3 is 1. The maximum Gasteiger partial charge on any atom is 0.187 e. The van der Waals surface area contributed by atoms with Crippen molar-refractivity contribution in [3.63, 3.8) is 0 Å². The van der Waals surface area contributed by atoms with Crippen molar-refractivity contribution in [2.24, 2.45) is 46.3 Å². The van der Waals surface area contributed by atoms with Crippen molar-refractivity contribution in [2.75, 3.05) is 33.5 Å². The molecule has 8 fully saturated rings. The molecule has 0 aromatic heterocycles. The summed E-state index contributed by atoms with van der Waals surface area (Å²) in [6, 6.07) is 0. The third-order valence-corrected chi connectivity index (χ3v) is 19.8. The molecule has 6 unspecified atom stereocenters. The molecule has 23 heteroatoms. The summed E-state index contributed by atoms with van der Waals surface area (Å²) >= 11 is 0. The van der Waals surface area contributed by atoms with Gasteiger partial charge in [-0.15, -0.1) is 0 Å². The van der Waals surface area contributed by atoms with Gasteiger partial charge in [0.1, 0.15) is 91.6 Å². The fraction of sp³-hybridized carbons (Fsp3) is 0.962. The van der Waals surface area contributed by atoms with E-state index < -0.39 is 155 Å². The van der Waals surface area contributed by atoms with Gasteiger partial charge in [0.25, 0.3) is 0 Å². The fourth-order valence-corrected chi connectivity index (χ4v) is 15.3. The van der Waals surface area contributed by atoms with Gasteiger partial charge in [0.2, 0.25) is 0 Å². The average molecular weight is 1080 g/mol. The Balaban J connectivity index is 0.871. The van der Waals surface area contributed by atoms with Crippen molar-refractivity contribution in [1.82, 2.24) is 0 Å². The number of rotatable bonds is 16. The number of hydrogen-bond donors (Lipinski definition) is 13. The Kier molecular flexibility index (Phi) is 17.9. The summed E-state index contributed by atoms with van der Waals surface area (Å²) in [4.78, 5) is 0. The number of fused-ring (bicyclic) bond motifs is 7. The van der Waals surface area contributed by atoms with Gasteiger partial charge in [0, 0.05) is 19.4 Å². The number of aliphatic hydroxyl groups excluding tert-OH is 13. The van der Waals surface area contributed by atoms with E-state index in [1.807, 2.05) is 6.92 Å². The molecule has 0 bridgehead atoms. The van der Waals surface area contributed by atoms with E-state index >= 15 is 0 Å². The van der Waals surface area contributed by atoms with Crippen LogP contribution >= 0.6 is 0 Å². The second-order valence-electron chi connectivity index (χ2n) is 24.0. The molecule has 31 atom stereocenters. The first-order valence-electron chi connectivity index (χ1n) is 27.3. The van der Waals surface area contributed by atoms with E-state index in [0.717, 1.165) is 32.1 Å². The summed E-state index contributed by atoms with van der Waals surface area (Å²) in [7, 11) is 1.71. The summed E-state index contributed by atoms with van der Waals surface area (Å²) in [5.41, 5.74) is 1.11. The van der Waals surface area contributed by atoms with Gasteiger partial charge in [-0.05, 0) is 98.7 Å². The molecule has 0 amide bonds. The number of allylic oxidation sites excluding steroid dienone is 1. The van der Waals surface area contributed by atoms with Gasteiger partial charge in [0.05, 0.1) is 44.7 Å². The maximum absolute atomic E-state index is 11.6. The van der Waals surface area contributed by atoms with E-state index in [-0.39, 0.29) is 41.3 Å². The predicted molar refractivity (Wildman–Crippen MR) is 255 cm³/mol. The van der Waals surface area contributed by atoms with Crippen LogP contribution < -0.4 is 0 Å². The molecule has 13 N–H and O–H groups in total. The fourth-order valence-electron chi connectivity index (χ4n) is 15.3. The zero-order valence-corrected chi connectivity index (χ0v) is 43.8. The van der Waals surface area contributed by atoms with Gasteiger partial charge in [0.15, 0.2) is 30.9 Å². The summed E-state index contributed by atoms with van der Waals surface area (Å²) < 4.78 is 61.6. The lowest BCUT2D eigenvalue weighted by Gasteiger charge is -2.58. The highest BCUT2D eigenvalue weighted by Gasteiger charge is 2.68. The lowest BCUT2D eigenvalue weighted by atomic mass is 9.47. The molecule has 9 aliphatic rings. The highest BCUT2D eigenvalue weighted by Crippen LogP contribution is 2.70. The van der Waals surface area contributed by atoms with Crippen LogP contribution in [-0.2, 0) is 47.4 Å². The topological polar surface area (TPSA) is 355 Å². The Morgan fingerprint density at radius 1 is 0.640 bits per heavy atom. The molecule has 0 aromatic carbocycles. The minimum absolute atomic E-state index is 0.00228. The quantitative estimate of drug-likeness (QED) is 0.0720. The Morgan fingerprint density at radius 2 is 1.21 bits per heavy atom. The number of aliphatic hydroxyl groups is 13. The van der Waals surface area contributed by atoms with Crippen molar-refractivity contribution < 1.29 is 114 Å². The highest BCUT2D eigenvalue weighted by atomic mass is 16.8. The normalized spacial score (nSPS) is 54.3. The molecule has 23 nitrogen and oxygen atoms in total. The van der Waals surface area contributed by atoms with Crippen LogP contribution in [0.4, 0.5) is 0 Å². The lowest BCUT2D eigenvalue weighted by Crippen LogP contribution is -2.67. The minimum atomic E-state index is -1.88. The molecule has 4 aliphatic carbocycles. The molecule has 3 saturated carbocycles. The van der Waals surface area contributed by atoms with Crippen LogP contribution in [0.3, 0.4) is 0 Å². The van der Waals surface area contributed by atoms with Crippen LogP contribution in [0.15, 0.2) is 11.6 Å². The Bertz CT molecular complexity index is 1930. The maximum atomic E-state index is 11.6. The zero-order chi connectivity index (χ0) is 54.2. The molecule has 5 aliphatic heterocycles. The summed E-state index contributed by atoms with van der Waals surface area (Å²) in [5.74, 6) is 0.765. The SMILES string of the molecule is COC1(CC[C@H](C)CO[C@@H]2O[C@H](CO)[C@@H](O)[C@H](O)[C@H]2O)OC2CC3C4CC=C5C[C@@H](O[C@@H]6O[C@H](CO)[C@@H](O)[C@H](O[C@@H]7O[C@H](CO)[C@@H](O)[C@H](O)[C@H]7O)[C@H]6O[C@@H]6O[C@@H](C)[C@H](O)[C@@H](O)[C@H]6O)CC[C@]5(C)C4CC[C@]3(C)C2[C@@H]1C. The monoisotopic (exact) mass is 1080 g/mol. The number of ether oxygens (including phenoxy) is 10. The first-order chi connectivity index (χ1) is 35.6. The molecule has 0 spiro atoms. The minimum Gasteiger partial charge on any atom is -0.394 e. The van der Waals surface area contributed by atoms with Crippen molar-refractivity contribution in [3.8, 4) is 0 Å². The van der Waals surface area contributed by atoms with Crippen LogP contribution in [0.2, 0.25) is 0 Å².